The highest BCUT2D eigenvalue weighted by Gasteiger charge is 2.58. The van der Waals surface area contributed by atoms with Gasteiger partial charge in [0.1, 0.15) is 0 Å². The molecule has 0 bridgehead atoms. The summed E-state index contributed by atoms with van der Waals surface area (Å²) in [6.07, 6.45) is 4.98. The second-order valence-electron chi connectivity index (χ2n) is 16.6. The van der Waals surface area contributed by atoms with Crippen molar-refractivity contribution < 1.29 is 38.3 Å². The fourth-order valence-electron chi connectivity index (χ4n) is 9.40. The molecule has 2 fully saturated rings. The van der Waals surface area contributed by atoms with Crippen molar-refractivity contribution in [3.05, 3.63) is 131 Å². The van der Waals surface area contributed by atoms with Crippen LogP contribution in [0.2, 0.25) is 5.04 Å². The van der Waals surface area contributed by atoms with Gasteiger partial charge in [-0.25, -0.2) is 4.39 Å². The first-order valence-electron chi connectivity index (χ1n) is 19.9. The van der Waals surface area contributed by atoms with E-state index in [0.29, 0.717) is 30.5 Å². The van der Waals surface area contributed by atoms with Crippen LogP contribution in [-0.4, -0.2) is 61.7 Å². The largest absolute Gasteiger partial charge is 0.505 e. The van der Waals surface area contributed by atoms with Crippen molar-refractivity contribution in [1.82, 2.24) is 0 Å². The van der Waals surface area contributed by atoms with Gasteiger partial charge in [0.2, 0.25) is 11.8 Å². The number of benzene rings is 4. The third kappa shape index (κ3) is 7.83. The zero-order chi connectivity index (χ0) is 40.5. The van der Waals surface area contributed by atoms with E-state index in [4.69, 9.17) is 9.16 Å². The molecule has 0 radical (unpaired) electrons. The third-order valence-electron chi connectivity index (χ3n) is 12.0. The van der Waals surface area contributed by atoms with Gasteiger partial charge >= 0.3 is 7.12 Å². The summed E-state index contributed by atoms with van der Waals surface area (Å²) in [6.45, 7) is 9.34. The Kier molecular flexibility index (Phi) is 11.9. The number of fused-ring (bicyclic) bond motifs is 3. The van der Waals surface area contributed by atoms with Crippen LogP contribution in [0.4, 0.5) is 10.1 Å². The number of phenols is 1. The molecule has 3 N–H and O–H groups in total. The minimum Gasteiger partial charge on any atom is -0.505 e. The van der Waals surface area contributed by atoms with E-state index in [2.05, 4.69) is 76.2 Å². The topological polar surface area (TPSA) is 117 Å². The summed E-state index contributed by atoms with van der Waals surface area (Å²) in [5.74, 6) is -3.29. The summed E-state index contributed by atoms with van der Waals surface area (Å²) in [4.78, 5) is 30.0. The summed E-state index contributed by atoms with van der Waals surface area (Å²) in [7, 11) is -4.74. The number of imide groups is 1. The molecule has 0 spiro atoms. The van der Waals surface area contributed by atoms with Crippen molar-refractivity contribution in [3.8, 4) is 5.75 Å². The maximum absolute atomic E-state index is 14.4. The number of nitrogens with zero attached hydrogens (tertiary/aromatic N) is 1. The Morgan fingerprint density at radius 1 is 0.912 bits per heavy atom. The average Bonchev–Trinajstić information content (AvgIpc) is 3.73. The number of halogens is 1. The summed E-state index contributed by atoms with van der Waals surface area (Å²) in [6, 6.07) is 31.5. The number of hydrogen-bond donors (Lipinski definition) is 3. The van der Waals surface area contributed by atoms with Crippen LogP contribution in [0.3, 0.4) is 0 Å². The number of rotatable bonds is 13. The smallest absolute Gasteiger partial charge is 0.488 e. The van der Waals surface area contributed by atoms with Crippen LogP contribution in [0, 0.1) is 23.6 Å². The van der Waals surface area contributed by atoms with Crippen molar-refractivity contribution in [3.63, 3.8) is 0 Å². The Labute approximate surface area is 335 Å². The van der Waals surface area contributed by atoms with E-state index >= 15 is 0 Å². The van der Waals surface area contributed by atoms with Crippen molar-refractivity contribution in [1.29, 1.82) is 0 Å². The van der Waals surface area contributed by atoms with Crippen LogP contribution in [-0.2, 0) is 18.8 Å². The quantitative estimate of drug-likeness (QED) is 0.0832. The van der Waals surface area contributed by atoms with E-state index in [1.807, 2.05) is 18.2 Å². The molecule has 3 aliphatic rings. The van der Waals surface area contributed by atoms with Crippen LogP contribution in [0.1, 0.15) is 65.4 Å². The summed E-state index contributed by atoms with van der Waals surface area (Å²) in [5.41, 5.74) is 4.32. The summed E-state index contributed by atoms with van der Waals surface area (Å²) < 4.78 is 28.4. The molecule has 0 saturated carbocycles. The molecule has 296 valence electrons. The number of hydrogen-bond acceptors (Lipinski definition) is 7. The highest BCUT2D eigenvalue weighted by molar-refractivity contribution is 6.99. The fourth-order valence-corrected chi connectivity index (χ4v) is 13.9. The Hall–Kier alpha value is -4.65. The first kappa shape index (κ1) is 40.5. The van der Waals surface area contributed by atoms with E-state index in [-0.39, 0.29) is 53.3 Å². The number of ether oxygens (including phenoxy) is 1. The lowest BCUT2D eigenvalue weighted by atomic mass is 9.69. The molecule has 2 amide bonds. The van der Waals surface area contributed by atoms with Gasteiger partial charge in [0, 0.05) is 5.92 Å². The number of phenolic OH excluding ortho intramolecular Hbond substituents is 1. The third-order valence-corrected chi connectivity index (χ3v) is 16.9. The molecule has 4 aromatic rings. The summed E-state index contributed by atoms with van der Waals surface area (Å²) >= 11 is 0. The van der Waals surface area contributed by atoms with Crippen LogP contribution in [0.25, 0.3) is 6.08 Å². The van der Waals surface area contributed by atoms with Gasteiger partial charge in [-0.3, -0.25) is 14.5 Å². The number of aromatic hydroxyl groups is 1. The molecular weight excluding hydrogens is 736 g/mol. The van der Waals surface area contributed by atoms with E-state index in [9.17, 15) is 29.1 Å². The molecule has 0 unspecified atom stereocenters. The summed E-state index contributed by atoms with van der Waals surface area (Å²) in [5, 5.41) is 31.5. The monoisotopic (exact) mass is 787 g/mol. The number of carbonyl (C=O) groups is 2. The number of carbonyl (C=O) groups excluding carboxylic acids is 2. The Morgan fingerprint density at radius 2 is 1.60 bits per heavy atom. The van der Waals surface area contributed by atoms with E-state index < -0.39 is 33.1 Å². The van der Waals surface area contributed by atoms with Gasteiger partial charge in [-0.15, -0.1) is 0 Å². The van der Waals surface area contributed by atoms with Crippen molar-refractivity contribution >= 4 is 54.8 Å². The molecule has 4 aromatic carbocycles. The molecule has 2 saturated heterocycles. The molecule has 0 aromatic heterocycles. The van der Waals surface area contributed by atoms with Crippen molar-refractivity contribution in [2.75, 3.05) is 18.1 Å². The molecule has 1 aliphatic carbocycles. The van der Waals surface area contributed by atoms with Crippen LogP contribution in [0.5, 0.6) is 5.75 Å². The predicted molar refractivity (Wildman–Crippen MR) is 224 cm³/mol. The van der Waals surface area contributed by atoms with Crippen LogP contribution < -0.4 is 20.7 Å². The van der Waals surface area contributed by atoms with Gasteiger partial charge in [-0.05, 0) is 87.5 Å². The number of anilines is 1. The van der Waals surface area contributed by atoms with Gasteiger partial charge in [-0.2, -0.15) is 0 Å². The average molecular weight is 788 g/mol. The molecule has 7 rings (SSSR count). The lowest BCUT2D eigenvalue weighted by Gasteiger charge is -2.44. The second-order valence-corrected chi connectivity index (χ2v) is 20.9. The highest BCUT2D eigenvalue weighted by Crippen LogP contribution is 2.51. The molecule has 11 heteroatoms. The fraction of sp³-hybridized carbons (Fsp3) is 0.348. The number of allylic oxidation sites excluding steroid dienone is 1. The minimum absolute atomic E-state index is 0.191. The molecule has 2 aliphatic heterocycles. The van der Waals surface area contributed by atoms with Crippen molar-refractivity contribution in [2.24, 2.45) is 17.8 Å². The molecule has 4 atom stereocenters. The maximum atomic E-state index is 14.4. The second kappa shape index (κ2) is 16.7. The van der Waals surface area contributed by atoms with Gasteiger partial charge < -0.3 is 24.3 Å². The van der Waals surface area contributed by atoms with Gasteiger partial charge in [0.15, 0.2) is 11.6 Å². The predicted octanol–water partition coefficient (Wildman–Crippen LogP) is 6.27. The highest BCUT2D eigenvalue weighted by atomic mass is 28.4. The zero-order valence-corrected chi connectivity index (χ0v) is 34.0. The van der Waals surface area contributed by atoms with Crippen LogP contribution in [0.15, 0.2) is 120 Å². The van der Waals surface area contributed by atoms with E-state index in [1.165, 1.54) is 23.1 Å². The Morgan fingerprint density at radius 3 is 2.21 bits per heavy atom. The SMILES string of the molecule is CCC/C(=C\c1ccc(O)c(F)c1)CC[C@H]1OC[C@H]2C1=C(CO[Si](c1ccccc1)(c1ccccc1)C(C)(C)C)C[C@H]1C(=O)N(c3cccc(B(O)O)c3)C(=O)[C@H]12. The zero-order valence-electron chi connectivity index (χ0n) is 33.0. The van der Waals surface area contributed by atoms with Gasteiger partial charge in [-0.1, -0.05) is 125 Å². The van der Waals surface area contributed by atoms with E-state index in [0.717, 1.165) is 39.9 Å². The Bertz CT molecular complexity index is 2130. The maximum Gasteiger partial charge on any atom is 0.488 e. The number of amides is 2. The molecular formula is C46H51BFNO7Si. The normalized spacial score (nSPS) is 21.2. The van der Waals surface area contributed by atoms with E-state index in [1.54, 1.807) is 24.3 Å². The molecule has 8 nitrogen and oxygen atoms in total. The van der Waals surface area contributed by atoms with Gasteiger partial charge in [0.05, 0.1) is 36.8 Å². The lowest BCUT2D eigenvalue weighted by Crippen LogP contribution is -2.66. The van der Waals surface area contributed by atoms with Gasteiger partial charge in [0.25, 0.3) is 8.32 Å². The Balaban J connectivity index is 1.28. The standard InChI is InChI=1S/C46H51BFNO7Si/c1-5-13-30(24-31-20-22-40(50)39(48)25-31)21-23-41-42-32(28-56-57(46(2,3)4,35-16-8-6-9-17-35)36-18-10-7-11-19-36)26-37-43(38(42)29-55-41)45(52)49(44(37)51)34-15-12-14-33(27-34)47(53)54/h6-12,14-20,22,24-25,27,37-38,41,43,50,53-54H,5,13,21,23,26,28-29H2,1-4H3/b30-24+/t37-,38+,41-,43-/m1/s1. The molecule has 57 heavy (non-hydrogen) atoms. The lowest BCUT2D eigenvalue weighted by molar-refractivity contribution is -0.122. The van der Waals surface area contributed by atoms with Crippen LogP contribution >= 0.6 is 0 Å². The minimum atomic E-state index is -2.99. The first-order valence-corrected chi connectivity index (χ1v) is 21.8. The molecule has 2 heterocycles. The first-order chi connectivity index (χ1) is 27.3. The van der Waals surface area contributed by atoms with Crippen molar-refractivity contribution in [2.45, 2.75) is 70.9 Å².